The van der Waals surface area contributed by atoms with Gasteiger partial charge in [0.25, 0.3) is 0 Å². The Labute approximate surface area is 158 Å². The Hall–Kier alpha value is -2.59. The number of rotatable bonds is 5. The lowest BCUT2D eigenvalue weighted by atomic mass is 9.95. The van der Waals surface area contributed by atoms with E-state index in [9.17, 15) is 9.59 Å². The number of nitrogens with one attached hydrogen (secondary N) is 2. The average molecular weight is 391 g/mol. The SMILES string of the molecule is COC(=O)C1=C(CSc2nnc(N)s2)NC(=O)N[C@H]1c1ccc(C)cc1. The number of methoxy groups -OCH3 is 1. The van der Waals surface area contributed by atoms with Crippen LogP contribution in [0.5, 0.6) is 0 Å². The molecule has 2 aromatic rings. The largest absolute Gasteiger partial charge is 0.466 e. The van der Waals surface area contributed by atoms with E-state index in [1.54, 1.807) is 0 Å². The van der Waals surface area contributed by atoms with Crippen molar-refractivity contribution in [3.63, 3.8) is 0 Å². The number of nitrogens with two attached hydrogens (primary N) is 1. The lowest BCUT2D eigenvalue weighted by Crippen LogP contribution is -2.46. The number of aromatic nitrogens is 2. The third kappa shape index (κ3) is 3.97. The molecule has 2 amide bonds. The first kappa shape index (κ1) is 18.2. The number of carbonyl (C=O) groups excluding carboxylic acids is 2. The molecule has 136 valence electrons. The fourth-order valence-electron chi connectivity index (χ4n) is 2.50. The number of aryl methyl sites for hydroxylation is 1. The summed E-state index contributed by atoms with van der Waals surface area (Å²) in [5.74, 6) is -0.176. The predicted molar refractivity (Wildman–Crippen MR) is 99.7 cm³/mol. The molecule has 4 N–H and O–H groups in total. The van der Waals surface area contributed by atoms with Gasteiger partial charge >= 0.3 is 12.0 Å². The van der Waals surface area contributed by atoms with Crippen LogP contribution in [0, 0.1) is 6.92 Å². The molecule has 0 radical (unpaired) electrons. The summed E-state index contributed by atoms with van der Waals surface area (Å²) < 4.78 is 5.60. The first-order valence-electron chi connectivity index (χ1n) is 7.65. The number of hydrogen-bond acceptors (Lipinski definition) is 8. The minimum Gasteiger partial charge on any atom is -0.466 e. The maximum absolute atomic E-state index is 12.4. The second kappa shape index (κ2) is 7.75. The van der Waals surface area contributed by atoms with Gasteiger partial charge in [0.15, 0.2) is 4.34 Å². The molecule has 0 saturated heterocycles. The molecular formula is C16H17N5O3S2. The van der Waals surface area contributed by atoms with Crippen molar-refractivity contribution in [3.8, 4) is 0 Å². The minimum absolute atomic E-state index is 0.328. The summed E-state index contributed by atoms with van der Waals surface area (Å²) in [7, 11) is 1.31. The lowest BCUT2D eigenvalue weighted by molar-refractivity contribution is -0.136. The number of ether oxygens (including phenoxy) is 1. The quantitative estimate of drug-likeness (QED) is 0.527. The Morgan fingerprint density at radius 2 is 2.08 bits per heavy atom. The average Bonchev–Trinajstić information content (AvgIpc) is 3.05. The summed E-state index contributed by atoms with van der Waals surface area (Å²) in [6, 6.07) is 6.64. The number of esters is 1. The Morgan fingerprint density at radius 3 is 2.69 bits per heavy atom. The molecule has 2 heterocycles. The van der Waals surface area contributed by atoms with Crippen molar-refractivity contribution in [2.45, 2.75) is 17.3 Å². The molecule has 1 aliphatic rings. The van der Waals surface area contributed by atoms with Crippen LogP contribution in [-0.4, -0.2) is 35.1 Å². The first-order valence-corrected chi connectivity index (χ1v) is 9.45. The Kier molecular flexibility index (Phi) is 5.43. The van der Waals surface area contributed by atoms with Gasteiger partial charge in [-0.2, -0.15) is 0 Å². The molecule has 0 aliphatic carbocycles. The monoisotopic (exact) mass is 391 g/mol. The number of amides is 2. The first-order chi connectivity index (χ1) is 12.5. The molecule has 1 aromatic heterocycles. The number of urea groups is 1. The number of carbonyl (C=O) groups is 2. The van der Waals surface area contributed by atoms with Gasteiger partial charge in [-0.05, 0) is 12.5 Å². The second-order valence-electron chi connectivity index (χ2n) is 5.52. The van der Waals surface area contributed by atoms with Crippen molar-refractivity contribution in [1.29, 1.82) is 0 Å². The van der Waals surface area contributed by atoms with E-state index < -0.39 is 12.0 Å². The molecule has 0 bridgehead atoms. The number of benzene rings is 1. The van der Waals surface area contributed by atoms with E-state index in [2.05, 4.69) is 20.8 Å². The van der Waals surface area contributed by atoms with Crippen LogP contribution >= 0.6 is 23.1 Å². The van der Waals surface area contributed by atoms with Crippen molar-refractivity contribution >= 4 is 40.2 Å². The molecule has 8 nitrogen and oxygen atoms in total. The van der Waals surface area contributed by atoms with Gasteiger partial charge < -0.3 is 21.1 Å². The molecule has 0 unspecified atom stereocenters. The van der Waals surface area contributed by atoms with E-state index >= 15 is 0 Å². The number of anilines is 1. The van der Waals surface area contributed by atoms with Gasteiger partial charge in [-0.3, -0.25) is 0 Å². The van der Waals surface area contributed by atoms with Crippen LogP contribution in [0.15, 0.2) is 39.9 Å². The zero-order chi connectivity index (χ0) is 18.7. The Morgan fingerprint density at radius 1 is 1.35 bits per heavy atom. The number of hydrogen-bond donors (Lipinski definition) is 3. The van der Waals surface area contributed by atoms with Crippen molar-refractivity contribution in [1.82, 2.24) is 20.8 Å². The van der Waals surface area contributed by atoms with E-state index in [0.29, 0.717) is 26.5 Å². The van der Waals surface area contributed by atoms with E-state index in [0.717, 1.165) is 11.1 Å². The summed E-state index contributed by atoms with van der Waals surface area (Å²) in [5.41, 5.74) is 8.31. The third-order valence-corrected chi connectivity index (χ3v) is 5.64. The highest BCUT2D eigenvalue weighted by Gasteiger charge is 2.33. The van der Waals surface area contributed by atoms with Crippen molar-refractivity contribution in [2.24, 2.45) is 0 Å². The second-order valence-corrected chi connectivity index (χ2v) is 7.75. The zero-order valence-corrected chi connectivity index (χ0v) is 15.7. The Bertz CT molecular complexity index is 863. The van der Waals surface area contributed by atoms with Crippen LogP contribution in [0.25, 0.3) is 0 Å². The maximum Gasteiger partial charge on any atom is 0.338 e. The molecule has 0 spiro atoms. The highest BCUT2D eigenvalue weighted by molar-refractivity contribution is 8.01. The van der Waals surface area contributed by atoms with Gasteiger partial charge in [-0.15, -0.1) is 10.2 Å². The Balaban J connectivity index is 1.95. The fraction of sp³-hybridized carbons (Fsp3) is 0.250. The topological polar surface area (TPSA) is 119 Å². The highest BCUT2D eigenvalue weighted by Crippen LogP contribution is 2.31. The molecule has 1 aromatic carbocycles. The van der Waals surface area contributed by atoms with Crippen LogP contribution in [0.4, 0.5) is 9.93 Å². The van der Waals surface area contributed by atoms with Gasteiger partial charge in [0, 0.05) is 11.4 Å². The van der Waals surface area contributed by atoms with Gasteiger partial charge in [-0.25, -0.2) is 9.59 Å². The molecule has 3 rings (SSSR count). The normalized spacial score (nSPS) is 16.8. The smallest absolute Gasteiger partial charge is 0.338 e. The van der Waals surface area contributed by atoms with Crippen LogP contribution in [-0.2, 0) is 9.53 Å². The van der Waals surface area contributed by atoms with Crippen LogP contribution in [0.1, 0.15) is 17.2 Å². The summed E-state index contributed by atoms with van der Waals surface area (Å²) in [6.07, 6.45) is 0. The predicted octanol–water partition coefficient (Wildman–Crippen LogP) is 2.00. The minimum atomic E-state index is -0.591. The molecule has 26 heavy (non-hydrogen) atoms. The summed E-state index contributed by atoms with van der Waals surface area (Å²) >= 11 is 2.58. The standard InChI is InChI=1S/C16H17N5O3S2/c1-8-3-5-9(6-4-8)12-11(13(22)24-2)10(18-15(23)19-12)7-25-16-21-20-14(17)26-16/h3-6,12H,7H2,1-2H3,(H2,17,20)(H2,18,19,23)/t12-/m0/s1. The third-order valence-electron chi connectivity index (χ3n) is 3.73. The van der Waals surface area contributed by atoms with Crippen LogP contribution in [0.2, 0.25) is 0 Å². The van der Waals surface area contributed by atoms with Gasteiger partial charge in [0.05, 0.1) is 18.7 Å². The molecule has 0 fully saturated rings. The van der Waals surface area contributed by atoms with Gasteiger partial charge in [-0.1, -0.05) is 52.9 Å². The van der Waals surface area contributed by atoms with Crippen LogP contribution < -0.4 is 16.4 Å². The maximum atomic E-state index is 12.4. The summed E-state index contributed by atoms with van der Waals surface area (Å²) in [5, 5.41) is 13.5. The van der Waals surface area contributed by atoms with Crippen molar-refractivity contribution in [3.05, 3.63) is 46.7 Å². The fourth-order valence-corrected chi connectivity index (χ4v) is 4.11. The van der Waals surface area contributed by atoms with Crippen molar-refractivity contribution in [2.75, 3.05) is 18.6 Å². The van der Waals surface area contributed by atoms with E-state index in [1.165, 1.54) is 30.2 Å². The van der Waals surface area contributed by atoms with Gasteiger partial charge in [0.1, 0.15) is 0 Å². The molecular weight excluding hydrogens is 374 g/mol. The molecule has 0 saturated carbocycles. The molecule has 1 aliphatic heterocycles. The van der Waals surface area contributed by atoms with Crippen LogP contribution in [0.3, 0.4) is 0 Å². The number of nitrogen functional groups attached to an aromatic ring is 1. The zero-order valence-electron chi connectivity index (χ0n) is 14.1. The van der Waals surface area contributed by atoms with E-state index in [-0.39, 0.29) is 6.03 Å². The number of thioether (sulfide) groups is 1. The highest BCUT2D eigenvalue weighted by atomic mass is 32.2. The lowest BCUT2D eigenvalue weighted by Gasteiger charge is -2.29. The summed E-state index contributed by atoms with van der Waals surface area (Å²) in [4.78, 5) is 24.6. The van der Waals surface area contributed by atoms with Gasteiger partial charge in [0.2, 0.25) is 5.13 Å². The molecule has 1 atom stereocenters. The van der Waals surface area contributed by atoms with Crippen molar-refractivity contribution < 1.29 is 14.3 Å². The number of nitrogens with zero attached hydrogens (tertiary/aromatic N) is 2. The molecule has 10 heteroatoms. The van der Waals surface area contributed by atoms with E-state index in [1.807, 2.05) is 31.2 Å². The summed E-state index contributed by atoms with van der Waals surface area (Å²) in [6.45, 7) is 1.97. The van der Waals surface area contributed by atoms with E-state index in [4.69, 9.17) is 10.5 Å².